The van der Waals surface area contributed by atoms with Crippen LogP contribution in [0, 0.1) is 34.5 Å². The Morgan fingerprint density at radius 1 is 1.26 bits per heavy atom. The van der Waals surface area contributed by atoms with Crippen LogP contribution in [-0.4, -0.2) is 23.3 Å². The first kappa shape index (κ1) is 15.3. The standard InChI is InChI=1S/C20H26O3/c1-19-8-7-14(22)9-12(19)3-5-15-16-6-4-13(11-21)20(16,2)10-17(23)18(15)19/h7-9,11,13,15-18,23H,3-6,10H2,1-2H3/t13?,15?,16?,17-,18?,19?,20+/m0/s1. The lowest BCUT2D eigenvalue weighted by atomic mass is 9.47. The number of hydrogen-bond donors (Lipinski definition) is 1. The van der Waals surface area contributed by atoms with Crippen LogP contribution in [0.4, 0.5) is 0 Å². The largest absolute Gasteiger partial charge is 0.393 e. The van der Waals surface area contributed by atoms with Gasteiger partial charge in [-0.05, 0) is 61.5 Å². The van der Waals surface area contributed by atoms with Crippen molar-refractivity contribution in [3.63, 3.8) is 0 Å². The van der Waals surface area contributed by atoms with Gasteiger partial charge in [0.05, 0.1) is 6.10 Å². The highest BCUT2D eigenvalue weighted by Crippen LogP contribution is 2.65. The van der Waals surface area contributed by atoms with Crippen LogP contribution in [0.2, 0.25) is 0 Å². The van der Waals surface area contributed by atoms with E-state index in [1.165, 1.54) is 5.57 Å². The van der Waals surface area contributed by atoms with Crippen molar-refractivity contribution < 1.29 is 14.7 Å². The number of fused-ring (bicyclic) bond motifs is 5. The van der Waals surface area contributed by atoms with E-state index in [1.807, 2.05) is 6.08 Å². The van der Waals surface area contributed by atoms with Crippen LogP contribution in [0.3, 0.4) is 0 Å². The van der Waals surface area contributed by atoms with Gasteiger partial charge < -0.3 is 9.90 Å². The molecule has 0 amide bonds. The van der Waals surface area contributed by atoms with Crippen molar-refractivity contribution in [2.24, 2.45) is 34.5 Å². The fourth-order valence-electron chi connectivity index (χ4n) is 6.59. The summed E-state index contributed by atoms with van der Waals surface area (Å²) in [7, 11) is 0. The first-order chi connectivity index (χ1) is 10.9. The lowest BCUT2D eigenvalue weighted by Gasteiger charge is -2.58. The van der Waals surface area contributed by atoms with Gasteiger partial charge in [0.1, 0.15) is 6.29 Å². The Labute approximate surface area is 137 Å². The third-order valence-electron chi connectivity index (χ3n) is 7.73. The van der Waals surface area contributed by atoms with Gasteiger partial charge in [-0.3, -0.25) is 4.79 Å². The molecule has 3 fully saturated rings. The van der Waals surface area contributed by atoms with Crippen molar-refractivity contribution >= 4 is 12.1 Å². The minimum absolute atomic E-state index is 0.0475. The average molecular weight is 314 g/mol. The maximum atomic E-state index is 11.8. The second-order valence-corrected chi connectivity index (χ2v) is 8.62. The molecule has 5 unspecified atom stereocenters. The van der Waals surface area contributed by atoms with E-state index in [0.29, 0.717) is 18.3 Å². The van der Waals surface area contributed by atoms with Crippen molar-refractivity contribution in [3.8, 4) is 0 Å². The molecule has 1 N–H and O–H groups in total. The zero-order chi connectivity index (χ0) is 16.4. The summed E-state index contributed by atoms with van der Waals surface area (Å²) in [5, 5.41) is 11.0. The highest BCUT2D eigenvalue weighted by Gasteiger charge is 2.61. The summed E-state index contributed by atoms with van der Waals surface area (Å²) in [6.45, 7) is 4.41. The van der Waals surface area contributed by atoms with Gasteiger partial charge in [0, 0.05) is 17.3 Å². The summed E-state index contributed by atoms with van der Waals surface area (Å²) in [5.41, 5.74) is 0.948. The van der Waals surface area contributed by atoms with Crippen molar-refractivity contribution in [2.75, 3.05) is 0 Å². The Morgan fingerprint density at radius 2 is 2.04 bits per heavy atom. The maximum Gasteiger partial charge on any atom is 0.178 e. The van der Waals surface area contributed by atoms with Gasteiger partial charge in [-0.2, -0.15) is 0 Å². The second-order valence-electron chi connectivity index (χ2n) is 8.62. The molecule has 0 aliphatic heterocycles. The zero-order valence-corrected chi connectivity index (χ0v) is 14.0. The van der Waals surface area contributed by atoms with E-state index in [2.05, 4.69) is 13.8 Å². The predicted octanol–water partition coefficient (Wildman–Crippen LogP) is 3.08. The van der Waals surface area contributed by atoms with Crippen LogP contribution in [0.1, 0.15) is 46.0 Å². The molecule has 0 heterocycles. The molecule has 0 aromatic heterocycles. The molecule has 3 saturated carbocycles. The molecule has 3 heteroatoms. The topological polar surface area (TPSA) is 54.4 Å². The minimum Gasteiger partial charge on any atom is -0.393 e. The van der Waals surface area contributed by atoms with E-state index in [1.54, 1.807) is 12.2 Å². The molecule has 0 aromatic carbocycles. The van der Waals surface area contributed by atoms with Crippen LogP contribution in [0.5, 0.6) is 0 Å². The maximum absolute atomic E-state index is 11.8. The van der Waals surface area contributed by atoms with Crippen LogP contribution in [0.25, 0.3) is 0 Å². The molecule has 124 valence electrons. The van der Waals surface area contributed by atoms with Gasteiger partial charge in [-0.15, -0.1) is 0 Å². The normalized spacial score (nSPS) is 51.5. The number of aliphatic hydroxyl groups excluding tert-OH is 1. The molecule has 0 saturated heterocycles. The van der Waals surface area contributed by atoms with Crippen molar-refractivity contribution in [2.45, 2.75) is 52.1 Å². The predicted molar refractivity (Wildman–Crippen MR) is 87.6 cm³/mol. The molecule has 0 spiro atoms. The number of aliphatic hydroxyl groups is 1. The van der Waals surface area contributed by atoms with Gasteiger partial charge >= 0.3 is 0 Å². The summed E-state index contributed by atoms with van der Waals surface area (Å²) < 4.78 is 0. The Hall–Kier alpha value is -1.22. The van der Waals surface area contributed by atoms with Gasteiger partial charge in [-0.1, -0.05) is 25.5 Å². The summed E-state index contributed by atoms with van der Waals surface area (Å²) >= 11 is 0. The van der Waals surface area contributed by atoms with Gasteiger partial charge in [0.2, 0.25) is 0 Å². The van der Waals surface area contributed by atoms with Crippen molar-refractivity contribution in [1.82, 2.24) is 0 Å². The van der Waals surface area contributed by atoms with Crippen molar-refractivity contribution in [3.05, 3.63) is 23.8 Å². The average Bonchev–Trinajstić information content (AvgIpc) is 2.83. The van der Waals surface area contributed by atoms with Crippen molar-refractivity contribution in [1.29, 1.82) is 0 Å². The quantitative estimate of drug-likeness (QED) is 0.757. The van der Waals surface area contributed by atoms with Crippen LogP contribution >= 0.6 is 0 Å². The Kier molecular flexibility index (Phi) is 3.26. The number of carbonyl (C=O) groups is 2. The summed E-state index contributed by atoms with van der Waals surface area (Å²) in [6, 6.07) is 0. The third kappa shape index (κ3) is 1.92. The van der Waals surface area contributed by atoms with E-state index in [0.717, 1.165) is 32.0 Å². The molecular weight excluding hydrogens is 288 g/mol. The summed E-state index contributed by atoms with van der Waals surface area (Å²) in [4.78, 5) is 23.3. The van der Waals surface area contributed by atoms with E-state index in [4.69, 9.17) is 0 Å². The molecule has 0 bridgehead atoms. The van der Waals surface area contributed by atoms with Gasteiger partial charge in [0.25, 0.3) is 0 Å². The second kappa shape index (κ2) is 4.89. The van der Waals surface area contributed by atoms with Gasteiger partial charge in [0.15, 0.2) is 5.78 Å². The van der Waals surface area contributed by atoms with E-state index in [-0.39, 0.29) is 28.4 Å². The molecule has 4 rings (SSSR count). The highest BCUT2D eigenvalue weighted by atomic mass is 16.3. The Balaban J connectivity index is 1.75. The Morgan fingerprint density at radius 3 is 2.78 bits per heavy atom. The summed E-state index contributed by atoms with van der Waals surface area (Å²) in [6.07, 6.45) is 11.0. The molecule has 23 heavy (non-hydrogen) atoms. The van der Waals surface area contributed by atoms with E-state index >= 15 is 0 Å². The minimum atomic E-state index is -0.395. The van der Waals surface area contributed by atoms with Crippen LogP contribution in [0.15, 0.2) is 23.8 Å². The highest BCUT2D eigenvalue weighted by molar-refractivity contribution is 6.01. The Bertz CT molecular complexity index is 618. The number of rotatable bonds is 1. The number of aldehydes is 1. The van der Waals surface area contributed by atoms with Crippen LogP contribution in [-0.2, 0) is 9.59 Å². The molecule has 7 atom stereocenters. The molecule has 0 aromatic rings. The lowest BCUT2D eigenvalue weighted by molar-refractivity contribution is -0.130. The molecule has 4 aliphatic rings. The first-order valence-corrected chi connectivity index (χ1v) is 8.98. The summed E-state index contributed by atoms with van der Waals surface area (Å²) in [5.74, 6) is 1.32. The monoisotopic (exact) mass is 314 g/mol. The molecule has 4 aliphatic carbocycles. The van der Waals surface area contributed by atoms with E-state index < -0.39 is 6.10 Å². The first-order valence-electron chi connectivity index (χ1n) is 8.98. The molecule has 3 nitrogen and oxygen atoms in total. The fourth-order valence-corrected chi connectivity index (χ4v) is 6.59. The van der Waals surface area contributed by atoms with E-state index in [9.17, 15) is 14.7 Å². The molecular formula is C20H26O3. The molecule has 0 radical (unpaired) electrons. The number of ketones is 1. The SMILES string of the molecule is CC12C=CC(=O)C=C1CCC1C2[C@@H](O)C[C@]2(C)C(C=O)CCC12. The smallest absolute Gasteiger partial charge is 0.178 e. The number of allylic oxidation sites excluding steroid dienone is 4. The third-order valence-corrected chi connectivity index (χ3v) is 7.73. The van der Waals surface area contributed by atoms with Crippen LogP contribution < -0.4 is 0 Å². The zero-order valence-electron chi connectivity index (χ0n) is 14.0. The fraction of sp³-hybridized carbons (Fsp3) is 0.700. The van der Waals surface area contributed by atoms with Gasteiger partial charge in [-0.25, -0.2) is 0 Å². The lowest BCUT2D eigenvalue weighted by Crippen LogP contribution is -2.55. The number of carbonyl (C=O) groups excluding carboxylic acids is 2. The number of hydrogen-bond acceptors (Lipinski definition) is 3.